The molecule has 0 aliphatic heterocycles. The molecule has 0 aliphatic carbocycles. The van der Waals surface area contributed by atoms with E-state index in [1.54, 1.807) is 12.1 Å². The van der Waals surface area contributed by atoms with Crippen molar-refractivity contribution in [1.82, 2.24) is 0 Å². The first-order chi connectivity index (χ1) is 12.6. The summed E-state index contributed by atoms with van der Waals surface area (Å²) in [7, 11) is 0. The number of rotatable bonds is 7. The summed E-state index contributed by atoms with van der Waals surface area (Å²) in [5.41, 5.74) is 2.92. The number of non-ortho nitro benzene ring substituents is 1. The van der Waals surface area contributed by atoms with Crippen molar-refractivity contribution in [2.75, 3.05) is 16.8 Å². The molecule has 26 heavy (non-hydrogen) atoms. The molecule has 0 bridgehead atoms. The van der Waals surface area contributed by atoms with Gasteiger partial charge in [-0.3, -0.25) is 14.9 Å². The molecular formula is C19H15N3O4. The number of para-hydroxylation sites is 1. The van der Waals surface area contributed by atoms with Crippen LogP contribution in [0.3, 0.4) is 0 Å². The number of fused-ring (bicyclic) bond motifs is 1. The molecule has 2 aromatic carbocycles. The lowest BCUT2D eigenvalue weighted by Crippen LogP contribution is -2.22. The number of amides is 1. The average Bonchev–Trinajstić information content (AvgIpc) is 3.06. The highest BCUT2D eigenvalue weighted by Gasteiger charge is 2.14. The van der Waals surface area contributed by atoms with Gasteiger partial charge in [0.05, 0.1) is 17.2 Å². The Balaban J connectivity index is 1.93. The maximum atomic E-state index is 10.8. The van der Waals surface area contributed by atoms with E-state index in [1.165, 1.54) is 18.4 Å². The van der Waals surface area contributed by atoms with Gasteiger partial charge in [0.15, 0.2) is 0 Å². The highest BCUT2D eigenvalue weighted by atomic mass is 16.6. The monoisotopic (exact) mass is 349 g/mol. The topological polar surface area (TPSA) is 88.6 Å². The van der Waals surface area contributed by atoms with Gasteiger partial charge >= 0.3 is 0 Å². The molecule has 7 heteroatoms. The van der Waals surface area contributed by atoms with E-state index in [1.807, 2.05) is 23.1 Å². The molecule has 130 valence electrons. The number of carbonyl (C=O) groups is 1. The fourth-order valence-corrected chi connectivity index (χ4v) is 2.76. The number of terminal acetylenes is 1. The zero-order chi connectivity index (χ0) is 18.5. The second-order valence-electron chi connectivity index (χ2n) is 5.54. The van der Waals surface area contributed by atoms with Gasteiger partial charge < -0.3 is 14.6 Å². The second-order valence-corrected chi connectivity index (χ2v) is 5.54. The minimum atomic E-state index is -0.444. The summed E-state index contributed by atoms with van der Waals surface area (Å²) in [6.07, 6.45) is 7.56. The van der Waals surface area contributed by atoms with Crippen LogP contribution in [0, 0.1) is 22.5 Å². The van der Waals surface area contributed by atoms with E-state index in [0.717, 1.165) is 16.6 Å². The number of nitro groups is 1. The van der Waals surface area contributed by atoms with Gasteiger partial charge in [-0.2, -0.15) is 0 Å². The van der Waals surface area contributed by atoms with E-state index < -0.39 is 4.92 Å². The Morgan fingerprint density at radius 3 is 2.69 bits per heavy atom. The minimum absolute atomic E-state index is 0.0205. The Hall–Kier alpha value is -3.79. The van der Waals surface area contributed by atoms with Gasteiger partial charge in [-0.15, -0.1) is 6.42 Å². The zero-order valence-electron chi connectivity index (χ0n) is 13.7. The van der Waals surface area contributed by atoms with Gasteiger partial charge in [0.25, 0.3) is 5.69 Å². The SMILES string of the molecule is C#CCN(Cc1cccc2c(NC=O)coc12)c1ccc([N+](=O)[O-])cc1. The summed E-state index contributed by atoms with van der Waals surface area (Å²) in [5.74, 6) is 2.60. The molecule has 1 heterocycles. The average molecular weight is 349 g/mol. The first kappa shape index (κ1) is 17.0. The molecule has 0 spiro atoms. The first-order valence-electron chi connectivity index (χ1n) is 7.76. The maximum Gasteiger partial charge on any atom is 0.269 e. The lowest BCUT2D eigenvalue weighted by molar-refractivity contribution is -0.384. The summed E-state index contributed by atoms with van der Waals surface area (Å²) >= 11 is 0. The Morgan fingerprint density at radius 2 is 2.04 bits per heavy atom. The summed E-state index contributed by atoms with van der Waals surface area (Å²) in [6, 6.07) is 11.8. The maximum absolute atomic E-state index is 10.8. The summed E-state index contributed by atoms with van der Waals surface area (Å²) in [5, 5.41) is 14.2. The molecule has 1 aromatic heterocycles. The summed E-state index contributed by atoms with van der Waals surface area (Å²) < 4.78 is 5.61. The molecule has 1 amide bonds. The van der Waals surface area contributed by atoms with Crippen molar-refractivity contribution in [3.05, 3.63) is 64.4 Å². The molecule has 1 N–H and O–H groups in total. The molecule has 0 fully saturated rings. The van der Waals surface area contributed by atoms with E-state index in [2.05, 4.69) is 11.2 Å². The predicted octanol–water partition coefficient (Wildman–Crippen LogP) is 3.55. The van der Waals surface area contributed by atoms with Crippen molar-refractivity contribution in [3.8, 4) is 12.3 Å². The minimum Gasteiger partial charge on any atom is -0.462 e. The number of nitrogens with zero attached hydrogens (tertiary/aromatic N) is 2. The lowest BCUT2D eigenvalue weighted by atomic mass is 10.1. The van der Waals surface area contributed by atoms with Gasteiger partial charge in [0.2, 0.25) is 6.41 Å². The van der Waals surface area contributed by atoms with Gasteiger partial charge in [0.1, 0.15) is 11.8 Å². The Kier molecular flexibility index (Phi) is 4.85. The molecule has 0 saturated carbocycles. The van der Waals surface area contributed by atoms with Crippen molar-refractivity contribution in [1.29, 1.82) is 0 Å². The number of hydrogen-bond donors (Lipinski definition) is 1. The van der Waals surface area contributed by atoms with Gasteiger partial charge in [-0.1, -0.05) is 18.1 Å². The van der Waals surface area contributed by atoms with Crippen molar-refractivity contribution in [3.63, 3.8) is 0 Å². The number of carbonyl (C=O) groups excluding carboxylic acids is 1. The number of anilines is 2. The third kappa shape index (κ3) is 3.35. The summed E-state index contributed by atoms with van der Waals surface area (Å²) in [4.78, 5) is 23.0. The van der Waals surface area contributed by atoms with Crippen LogP contribution in [-0.4, -0.2) is 17.9 Å². The number of hydrogen-bond acceptors (Lipinski definition) is 5. The van der Waals surface area contributed by atoms with Crippen LogP contribution < -0.4 is 10.2 Å². The highest BCUT2D eigenvalue weighted by molar-refractivity contribution is 5.96. The van der Waals surface area contributed by atoms with E-state index in [4.69, 9.17) is 10.8 Å². The third-order valence-electron chi connectivity index (χ3n) is 3.96. The largest absolute Gasteiger partial charge is 0.462 e. The van der Waals surface area contributed by atoms with Crippen LogP contribution in [0.5, 0.6) is 0 Å². The fraction of sp³-hybridized carbons (Fsp3) is 0.105. The molecule has 3 rings (SSSR count). The number of nitrogens with one attached hydrogen (secondary N) is 1. The number of benzene rings is 2. The van der Waals surface area contributed by atoms with Gasteiger partial charge in [-0.25, -0.2) is 0 Å². The number of furan rings is 1. The molecule has 0 radical (unpaired) electrons. The molecule has 0 atom stereocenters. The highest BCUT2D eigenvalue weighted by Crippen LogP contribution is 2.30. The number of nitro benzene ring substituents is 1. The lowest BCUT2D eigenvalue weighted by Gasteiger charge is -2.22. The van der Waals surface area contributed by atoms with Crippen LogP contribution in [0.25, 0.3) is 11.0 Å². The molecular weight excluding hydrogens is 334 g/mol. The molecule has 3 aromatic rings. The Morgan fingerprint density at radius 1 is 1.27 bits per heavy atom. The van der Waals surface area contributed by atoms with Gasteiger partial charge in [-0.05, 0) is 18.2 Å². The molecule has 0 unspecified atom stereocenters. The van der Waals surface area contributed by atoms with Gasteiger partial charge in [0, 0.05) is 35.3 Å². The van der Waals surface area contributed by atoms with Crippen LogP contribution in [0.2, 0.25) is 0 Å². The quantitative estimate of drug-likeness (QED) is 0.305. The van der Waals surface area contributed by atoms with E-state index in [-0.39, 0.29) is 5.69 Å². The van der Waals surface area contributed by atoms with Crippen LogP contribution in [0.1, 0.15) is 5.56 Å². The van der Waals surface area contributed by atoms with E-state index in [0.29, 0.717) is 30.8 Å². The van der Waals surface area contributed by atoms with Crippen molar-refractivity contribution in [2.24, 2.45) is 0 Å². The third-order valence-corrected chi connectivity index (χ3v) is 3.96. The van der Waals surface area contributed by atoms with Crippen molar-refractivity contribution in [2.45, 2.75) is 6.54 Å². The van der Waals surface area contributed by atoms with Crippen LogP contribution in [-0.2, 0) is 11.3 Å². The summed E-state index contributed by atoms with van der Waals surface area (Å²) in [6.45, 7) is 0.780. The van der Waals surface area contributed by atoms with Crippen LogP contribution in [0.15, 0.2) is 53.1 Å². The standard InChI is InChI=1S/C19H15N3O4/c1-2-10-21(15-6-8-16(9-7-15)22(24)25)11-14-4-3-5-17-18(20-13-23)12-26-19(14)17/h1,3-9,12-13H,10-11H2,(H,20,23). The molecule has 0 aliphatic rings. The normalized spacial score (nSPS) is 10.3. The Bertz CT molecular complexity index is 986. The van der Waals surface area contributed by atoms with E-state index in [9.17, 15) is 14.9 Å². The second kappa shape index (κ2) is 7.40. The van der Waals surface area contributed by atoms with Crippen LogP contribution in [0.4, 0.5) is 17.1 Å². The first-order valence-corrected chi connectivity index (χ1v) is 7.76. The van der Waals surface area contributed by atoms with Crippen molar-refractivity contribution < 1.29 is 14.1 Å². The molecule has 0 saturated heterocycles. The molecule has 7 nitrogen and oxygen atoms in total. The Labute approximate surface area is 149 Å². The fourth-order valence-electron chi connectivity index (χ4n) is 2.76. The van der Waals surface area contributed by atoms with Crippen molar-refractivity contribution >= 4 is 34.4 Å². The van der Waals surface area contributed by atoms with Crippen LogP contribution >= 0.6 is 0 Å². The van der Waals surface area contributed by atoms with E-state index >= 15 is 0 Å². The zero-order valence-corrected chi connectivity index (χ0v) is 13.7. The predicted molar refractivity (Wildman–Crippen MR) is 98.9 cm³/mol. The smallest absolute Gasteiger partial charge is 0.269 e.